The molecule has 3 unspecified atom stereocenters. The number of epoxide rings is 1. The molecule has 42 heavy (non-hydrogen) atoms. The van der Waals surface area contributed by atoms with Crippen LogP contribution in [-0.2, 0) is 42.7 Å². The number of methoxy groups -OCH3 is 3. The number of ether oxygens (including phenoxy) is 7. The predicted molar refractivity (Wildman–Crippen MR) is 152 cm³/mol. The minimum absolute atomic E-state index is 0.0232. The topological polar surface area (TPSA) is 102 Å². The van der Waals surface area contributed by atoms with E-state index in [4.69, 9.17) is 33.2 Å². The van der Waals surface area contributed by atoms with Crippen molar-refractivity contribution in [1.29, 1.82) is 0 Å². The maximum absolute atomic E-state index is 13.8. The number of allylic oxidation sites excluding steroid dienone is 2. The van der Waals surface area contributed by atoms with Gasteiger partial charge in [-0.05, 0) is 68.8 Å². The van der Waals surface area contributed by atoms with E-state index in [1.165, 1.54) is 0 Å². The minimum Gasteiger partial charge on any atom is -0.462 e. The van der Waals surface area contributed by atoms with Crippen LogP contribution < -0.4 is 0 Å². The molecule has 0 amide bonds. The highest BCUT2D eigenvalue weighted by Crippen LogP contribution is 2.63. The van der Waals surface area contributed by atoms with Gasteiger partial charge in [-0.2, -0.15) is 0 Å². The average molecular weight is 591 g/mol. The van der Waals surface area contributed by atoms with Gasteiger partial charge in [0.15, 0.2) is 12.1 Å². The molecule has 0 spiro atoms. The lowest BCUT2D eigenvalue weighted by Gasteiger charge is -2.44. The zero-order valence-corrected chi connectivity index (χ0v) is 26.1. The van der Waals surface area contributed by atoms with Crippen LogP contribution in [0.25, 0.3) is 0 Å². The molecule has 5 fully saturated rings. The van der Waals surface area contributed by atoms with Crippen LogP contribution in [-0.4, -0.2) is 88.2 Å². The smallest absolute Gasteiger partial charge is 0.306 e. The summed E-state index contributed by atoms with van der Waals surface area (Å²) in [6, 6.07) is 0. The van der Waals surface area contributed by atoms with Crippen molar-refractivity contribution in [2.45, 2.75) is 127 Å². The number of hydrogen-bond acceptors (Lipinski definition) is 9. The molecule has 3 saturated heterocycles. The van der Waals surface area contributed by atoms with Crippen LogP contribution in [0.1, 0.15) is 72.1 Å². The van der Waals surface area contributed by atoms with Crippen LogP contribution in [0.4, 0.5) is 0 Å². The molecule has 15 atom stereocenters. The zero-order valence-electron chi connectivity index (χ0n) is 26.1. The zero-order chi connectivity index (χ0) is 29.7. The van der Waals surface area contributed by atoms with Crippen molar-refractivity contribution in [3.05, 3.63) is 11.6 Å². The van der Waals surface area contributed by atoms with E-state index < -0.39 is 12.4 Å². The van der Waals surface area contributed by atoms with Crippen LogP contribution in [0.5, 0.6) is 0 Å². The Labute approximate surface area is 250 Å². The molecular weight excluding hydrogens is 540 g/mol. The van der Waals surface area contributed by atoms with Gasteiger partial charge < -0.3 is 33.2 Å². The summed E-state index contributed by atoms with van der Waals surface area (Å²) in [4.78, 5) is 27.0. The fourth-order valence-electron chi connectivity index (χ4n) is 9.17. The van der Waals surface area contributed by atoms with Crippen LogP contribution in [0, 0.1) is 35.5 Å². The summed E-state index contributed by atoms with van der Waals surface area (Å²) >= 11 is 0. The Balaban J connectivity index is 1.21. The van der Waals surface area contributed by atoms with E-state index in [0.717, 1.165) is 50.5 Å². The Kier molecular flexibility index (Phi) is 9.17. The number of carbonyl (C=O) groups excluding carboxylic acids is 2. The molecule has 236 valence electrons. The Bertz CT molecular complexity index is 1030. The number of rotatable bonds is 6. The Hall–Kier alpha value is -1.36. The second kappa shape index (κ2) is 12.6. The summed E-state index contributed by atoms with van der Waals surface area (Å²) < 4.78 is 42.5. The third-order valence-electron chi connectivity index (χ3n) is 11.3. The molecule has 3 aliphatic carbocycles. The number of Topliss-reactive ketones (excluding diaryl/α,β-unsaturated/α-hetero) is 1. The van der Waals surface area contributed by atoms with E-state index in [9.17, 15) is 9.59 Å². The predicted octanol–water partition coefficient (Wildman–Crippen LogP) is 4.25. The van der Waals surface area contributed by atoms with Crippen molar-refractivity contribution in [1.82, 2.24) is 0 Å². The molecule has 0 radical (unpaired) electrons. The van der Waals surface area contributed by atoms with Gasteiger partial charge in [0.1, 0.15) is 24.4 Å². The first-order valence-corrected chi connectivity index (χ1v) is 16.3. The number of hydrogen-bond donors (Lipinski definition) is 0. The number of fused-ring (bicyclic) bond motifs is 8. The van der Waals surface area contributed by atoms with Crippen LogP contribution in [0.3, 0.4) is 0 Å². The maximum atomic E-state index is 13.8. The van der Waals surface area contributed by atoms with E-state index in [1.54, 1.807) is 21.3 Å². The molecule has 2 saturated carbocycles. The lowest BCUT2D eigenvalue weighted by atomic mass is 9.66. The van der Waals surface area contributed by atoms with Crippen molar-refractivity contribution in [3.8, 4) is 0 Å². The fraction of sp³-hybridized carbons (Fsp3) is 0.879. The number of esters is 1. The van der Waals surface area contributed by atoms with Crippen molar-refractivity contribution in [2.24, 2.45) is 35.5 Å². The van der Waals surface area contributed by atoms with Gasteiger partial charge in [0, 0.05) is 39.1 Å². The van der Waals surface area contributed by atoms with Crippen molar-refractivity contribution in [3.63, 3.8) is 0 Å². The third-order valence-corrected chi connectivity index (χ3v) is 11.3. The van der Waals surface area contributed by atoms with E-state index in [2.05, 4.69) is 19.9 Å². The average Bonchev–Trinajstić information content (AvgIpc) is 3.52. The normalized spacial score (nSPS) is 49.0. The number of cyclic esters (lactones) is 1. The monoisotopic (exact) mass is 590 g/mol. The Morgan fingerprint density at radius 1 is 0.881 bits per heavy atom. The first kappa shape index (κ1) is 30.7. The first-order valence-electron chi connectivity index (χ1n) is 16.3. The molecule has 0 aromatic rings. The van der Waals surface area contributed by atoms with Gasteiger partial charge in [-0.15, -0.1) is 0 Å². The molecular formula is C33H50O9. The number of ketones is 1. The highest BCUT2D eigenvalue weighted by atomic mass is 16.7. The molecule has 0 N–H and O–H groups in total. The molecule has 6 rings (SSSR count). The van der Waals surface area contributed by atoms with E-state index in [-0.39, 0.29) is 84.6 Å². The largest absolute Gasteiger partial charge is 0.462 e. The highest BCUT2D eigenvalue weighted by molar-refractivity contribution is 5.98. The van der Waals surface area contributed by atoms with Gasteiger partial charge >= 0.3 is 5.97 Å². The molecule has 3 aliphatic heterocycles. The highest BCUT2D eigenvalue weighted by Gasteiger charge is 2.66. The van der Waals surface area contributed by atoms with Gasteiger partial charge in [-0.3, -0.25) is 9.59 Å². The van der Waals surface area contributed by atoms with Gasteiger partial charge in [-0.25, -0.2) is 0 Å². The summed E-state index contributed by atoms with van der Waals surface area (Å²) in [5.74, 6) is 0.861. The Morgan fingerprint density at radius 3 is 2.31 bits per heavy atom. The minimum atomic E-state index is -0.571. The molecule has 3 heterocycles. The standard InChI is InChI=1S/C33H50O9/c1-7-18-11-9-8-10-16(2)27(35)23-14-21-20-12-19(41-33-32(38-6)31(37-5)28(36-4)17(3)39-33)13-24(20)29-30(42-29)26(21)22(23)15-25(34)40-18/h14,16-22,24,26,28-33H,7-13,15H2,1-6H3/t16-,17?,18+,19+,20+,21+,22-,24-,26-,28+,29-,30+,31?,32?,33+/m1/s1. The molecule has 9 heteroatoms. The Morgan fingerprint density at radius 2 is 1.60 bits per heavy atom. The van der Waals surface area contributed by atoms with E-state index >= 15 is 0 Å². The van der Waals surface area contributed by atoms with E-state index in [1.807, 2.05) is 6.92 Å². The molecule has 0 aromatic heterocycles. The van der Waals surface area contributed by atoms with Crippen LogP contribution in [0.15, 0.2) is 11.6 Å². The SMILES string of the molecule is CC[C@H]1CCCC[C@@H](C)C(=O)C2=C[C@H]3[C@@H]4C[C@H](O[C@@H]5OC(C)[C@H](OC)C(OC)C5OC)C[C@H]4[C@H]4O[C@H]4[C@H]3[C@@H]2CC(=O)O1. The van der Waals surface area contributed by atoms with Crippen molar-refractivity contribution < 1.29 is 42.7 Å². The third kappa shape index (κ3) is 5.51. The second-order valence-electron chi connectivity index (χ2n) is 13.6. The summed E-state index contributed by atoms with van der Waals surface area (Å²) in [5.41, 5.74) is 0.847. The van der Waals surface area contributed by atoms with E-state index in [0.29, 0.717) is 11.8 Å². The summed E-state index contributed by atoms with van der Waals surface area (Å²) in [7, 11) is 4.97. The quantitative estimate of drug-likeness (QED) is 0.332. The first-order chi connectivity index (χ1) is 20.3. The number of carbonyl (C=O) groups is 2. The summed E-state index contributed by atoms with van der Waals surface area (Å²) in [5, 5.41) is 0. The van der Waals surface area contributed by atoms with Crippen LogP contribution >= 0.6 is 0 Å². The van der Waals surface area contributed by atoms with Crippen molar-refractivity contribution in [2.75, 3.05) is 21.3 Å². The fourth-order valence-corrected chi connectivity index (χ4v) is 9.17. The van der Waals surface area contributed by atoms with Gasteiger partial charge in [0.05, 0.1) is 30.8 Å². The molecule has 9 nitrogen and oxygen atoms in total. The summed E-state index contributed by atoms with van der Waals surface area (Å²) in [6.07, 6.45) is 7.16. The van der Waals surface area contributed by atoms with Gasteiger partial charge in [0.2, 0.25) is 0 Å². The summed E-state index contributed by atoms with van der Waals surface area (Å²) in [6.45, 7) is 6.11. The lowest BCUT2D eigenvalue weighted by Crippen LogP contribution is -2.59. The molecule has 0 aromatic carbocycles. The maximum Gasteiger partial charge on any atom is 0.306 e. The second-order valence-corrected chi connectivity index (χ2v) is 13.6. The molecule has 0 bridgehead atoms. The van der Waals surface area contributed by atoms with Crippen LogP contribution in [0.2, 0.25) is 0 Å². The van der Waals surface area contributed by atoms with Gasteiger partial charge in [0.25, 0.3) is 0 Å². The van der Waals surface area contributed by atoms with Crippen molar-refractivity contribution >= 4 is 11.8 Å². The van der Waals surface area contributed by atoms with Gasteiger partial charge in [-0.1, -0.05) is 26.3 Å². The molecule has 6 aliphatic rings. The lowest BCUT2D eigenvalue weighted by molar-refractivity contribution is -0.314.